The highest BCUT2D eigenvalue weighted by atomic mass is 16.6. The summed E-state index contributed by atoms with van der Waals surface area (Å²) in [6, 6.07) is 0. The molecule has 0 fully saturated rings. The first kappa shape index (κ1) is 72.4. The molecule has 6 heteroatoms. The average molecular weight is 1050 g/mol. The van der Waals surface area contributed by atoms with Gasteiger partial charge >= 0.3 is 17.9 Å². The monoisotopic (exact) mass is 1050 g/mol. The molecular weight excluding hydrogens is 925 g/mol. The molecule has 0 saturated carbocycles. The molecule has 0 aromatic heterocycles. The molecule has 438 valence electrons. The summed E-state index contributed by atoms with van der Waals surface area (Å²) in [6.45, 7) is 6.63. The van der Waals surface area contributed by atoms with Gasteiger partial charge in [0.05, 0.1) is 0 Å². The zero-order chi connectivity index (χ0) is 54.3. The van der Waals surface area contributed by atoms with Gasteiger partial charge in [0.2, 0.25) is 0 Å². The van der Waals surface area contributed by atoms with E-state index in [2.05, 4.69) is 69.4 Å². The minimum atomic E-state index is -0.771. The molecule has 75 heavy (non-hydrogen) atoms. The minimum Gasteiger partial charge on any atom is -0.462 e. The Morgan fingerprint density at radius 3 is 0.760 bits per heavy atom. The molecule has 1 unspecified atom stereocenters. The van der Waals surface area contributed by atoms with E-state index >= 15 is 0 Å². The number of esters is 3. The maximum Gasteiger partial charge on any atom is 0.306 e. The van der Waals surface area contributed by atoms with Crippen LogP contribution >= 0.6 is 0 Å². The maximum absolute atomic E-state index is 12.9. The lowest BCUT2D eigenvalue weighted by Gasteiger charge is -2.18. The Kier molecular flexibility index (Phi) is 61.7. The molecule has 1 atom stereocenters. The Bertz CT molecular complexity index is 1300. The Balaban J connectivity index is 4.09. The second kappa shape index (κ2) is 63.9. The fourth-order valence-corrected chi connectivity index (χ4v) is 9.80. The first-order valence-electron chi connectivity index (χ1n) is 33.1. The van der Waals surface area contributed by atoms with Crippen molar-refractivity contribution in [2.24, 2.45) is 0 Å². The number of hydrogen-bond acceptors (Lipinski definition) is 6. The lowest BCUT2D eigenvalue weighted by molar-refractivity contribution is -0.167. The van der Waals surface area contributed by atoms with Crippen LogP contribution in [0.3, 0.4) is 0 Å². The lowest BCUT2D eigenvalue weighted by atomic mass is 10.0. The third-order valence-corrected chi connectivity index (χ3v) is 14.8. The molecule has 0 amide bonds. The highest BCUT2D eigenvalue weighted by molar-refractivity contribution is 5.71. The number of unbranched alkanes of at least 4 members (excludes halogenated alkanes) is 42. The van der Waals surface area contributed by atoms with Gasteiger partial charge in [0, 0.05) is 19.3 Å². The molecule has 0 radical (unpaired) electrons. The van der Waals surface area contributed by atoms with Crippen LogP contribution in [0.4, 0.5) is 0 Å². The largest absolute Gasteiger partial charge is 0.462 e. The van der Waals surface area contributed by atoms with Gasteiger partial charge in [0.15, 0.2) is 6.10 Å². The van der Waals surface area contributed by atoms with E-state index in [9.17, 15) is 14.4 Å². The Morgan fingerprint density at radius 2 is 0.480 bits per heavy atom. The maximum atomic E-state index is 12.9. The van der Waals surface area contributed by atoms with Crippen LogP contribution in [0.25, 0.3) is 0 Å². The molecule has 0 aliphatic rings. The van der Waals surface area contributed by atoms with Gasteiger partial charge in [-0.2, -0.15) is 0 Å². The normalized spacial score (nSPS) is 12.3. The summed E-state index contributed by atoms with van der Waals surface area (Å²) < 4.78 is 16.9. The summed E-state index contributed by atoms with van der Waals surface area (Å²) in [6.07, 6.45) is 80.1. The number of allylic oxidation sites excluding steroid dienone is 8. The van der Waals surface area contributed by atoms with Crippen molar-refractivity contribution in [3.63, 3.8) is 0 Å². The standard InChI is InChI=1S/C69H126O6/c1-4-7-10-13-16-18-20-22-24-26-28-30-32-33-34-35-37-38-40-42-44-46-48-50-53-56-59-62-68(71)74-65-66(64-73-67(70)61-58-55-52-15-12-9-6-3)75-69(72)63-60-57-54-51-49-47-45-43-41-39-36-31-29-27-25-23-21-19-17-14-11-8-5-2/h20,22,26-29,32-33,66H,4-19,21,23-25,30-31,34-65H2,1-3H3/b22-20-,28-26-,29-27-,33-32-. The van der Waals surface area contributed by atoms with Gasteiger partial charge < -0.3 is 14.2 Å². The van der Waals surface area contributed by atoms with E-state index in [4.69, 9.17) is 14.2 Å². The molecular formula is C69H126O6. The summed E-state index contributed by atoms with van der Waals surface area (Å²) in [7, 11) is 0. The molecule has 0 aromatic carbocycles. The predicted octanol–water partition coefficient (Wildman–Crippen LogP) is 22.6. The van der Waals surface area contributed by atoms with E-state index in [1.165, 1.54) is 244 Å². The van der Waals surface area contributed by atoms with E-state index < -0.39 is 6.10 Å². The predicted molar refractivity (Wildman–Crippen MR) is 325 cm³/mol. The summed E-state index contributed by atoms with van der Waals surface area (Å²) in [4.78, 5) is 38.1. The molecule has 0 aromatic rings. The molecule has 0 N–H and O–H groups in total. The van der Waals surface area contributed by atoms with Crippen LogP contribution in [0.15, 0.2) is 48.6 Å². The molecule has 0 saturated heterocycles. The van der Waals surface area contributed by atoms with Gasteiger partial charge in [-0.15, -0.1) is 0 Å². The minimum absolute atomic E-state index is 0.0707. The zero-order valence-corrected chi connectivity index (χ0v) is 50.3. The summed E-state index contributed by atoms with van der Waals surface area (Å²) in [5.74, 6) is -0.861. The number of rotatable bonds is 61. The zero-order valence-electron chi connectivity index (χ0n) is 50.3. The highest BCUT2D eigenvalue weighted by Crippen LogP contribution is 2.17. The highest BCUT2D eigenvalue weighted by Gasteiger charge is 2.19. The van der Waals surface area contributed by atoms with Gasteiger partial charge in [-0.3, -0.25) is 14.4 Å². The van der Waals surface area contributed by atoms with Gasteiger partial charge in [-0.1, -0.05) is 301 Å². The van der Waals surface area contributed by atoms with E-state index in [0.717, 1.165) is 70.6 Å². The average Bonchev–Trinajstić information content (AvgIpc) is 3.41. The lowest BCUT2D eigenvalue weighted by Crippen LogP contribution is -2.30. The van der Waals surface area contributed by atoms with Crippen LogP contribution in [0.1, 0.15) is 355 Å². The third kappa shape index (κ3) is 62.1. The molecule has 0 heterocycles. The Morgan fingerprint density at radius 1 is 0.267 bits per heavy atom. The Hall–Kier alpha value is -2.63. The van der Waals surface area contributed by atoms with E-state index in [1.54, 1.807) is 0 Å². The fraction of sp³-hybridized carbons (Fsp3) is 0.841. The van der Waals surface area contributed by atoms with Crippen LogP contribution < -0.4 is 0 Å². The molecule has 0 rings (SSSR count). The summed E-state index contributed by atoms with van der Waals surface area (Å²) >= 11 is 0. The first-order chi connectivity index (χ1) is 37.0. The quantitative estimate of drug-likeness (QED) is 0.0261. The van der Waals surface area contributed by atoms with Crippen molar-refractivity contribution >= 4 is 17.9 Å². The van der Waals surface area contributed by atoms with Gasteiger partial charge in [0.25, 0.3) is 0 Å². The van der Waals surface area contributed by atoms with Crippen molar-refractivity contribution in [1.82, 2.24) is 0 Å². The van der Waals surface area contributed by atoms with Crippen LogP contribution in [-0.2, 0) is 28.6 Å². The molecule has 0 aliphatic carbocycles. The van der Waals surface area contributed by atoms with Crippen LogP contribution in [0.5, 0.6) is 0 Å². The van der Waals surface area contributed by atoms with Gasteiger partial charge in [0.1, 0.15) is 13.2 Å². The van der Waals surface area contributed by atoms with Crippen LogP contribution in [0.2, 0.25) is 0 Å². The van der Waals surface area contributed by atoms with Crippen molar-refractivity contribution in [3.8, 4) is 0 Å². The van der Waals surface area contributed by atoms with Crippen molar-refractivity contribution in [2.45, 2.75) is 361 Å². The van der Waals surface area contributed by atoms with Crippen LogP contribution in [0, 0.1) is 0 Å². The smallest absolute Gasteiger partial charge is 0.306 e. The summed E-state index contributed by atoms with van der Waals surface area (Å²) in [5.41, 5.74) is 0. The molecule has 0 spiro atoms. The van der Waals surface area contributed by atoms with Gasteiger partial charge in [-0.25, -0.2) is 0 Å². The number of carbonyl (C=O) groups is 3. The van der Waals surface area contributed by atoms with E-state index in [0.29, 0.717) is 19.3 Å². The first-order valence-corrected chi connectivity index (χ1v) is 33.1. The second-order valence-electron chi connectivity index (χ2n) is 22.4. The number of carbonyl (C=O) groups excluding carboxylic acids is 3. The third-order valence-electron chi connectivity index (χ3n) is 14.8. The fourth-order valence-electron chi connectivity index (χ4n) is 9.80. The topological polar surface area (TPSA) is 78.9 Å². The van der Waals surface area contributed by atoms with Gasteiger partial charge in [-0.05, 0) is 83.5 Å². The molecule has 6 nitrogen and oxygen atoms in total. The van der Waals surface area contributed by atoms with Crippen molar-refractivity contribution in [3.05, 3.63) is 48.6 Å². The van der Waals surface area contributed by atoms with Crippen molar-refractivity contribution in [2.75, 3.05) is 13.2 Å². The molecule has 0 bridgehead atoms. The Labute approximate surface area is 467 Å². The molecule has 0 aliphatic heterocycles. The van der Waals surface area contributed by atoms with E-state index in [1.807, 2.05) is 0 Å². The number of hydrogen-bond donors (Lipinski definition) is 0. The number of ether oxygens (including phenoxy) is 3. The van der Waals surface area contributed by atoms with E-state index in [-0.39, 0.29) is 31.1 Å². The summed E-state index contributed by atoms with van der Waals surface area (Å²) in [5, 5.41) is 0. The van der Waals surface area contributed by atoms with Crippen molar-refractivity contribution < 1.29 is 28.6 Å². The SMILES string of the molecule is CCCCCCC/C=C\C/C=C\C/C=C\CCCCCCCCCCCCCCC(=O)OCC(COC(=O)CCCCCCCCC)OC(=O)CCCCCCCCCCCCC/C=C\CCCCCCCCCC. The second-order valence-corrected chi connectivity index (χ2v) is 22.4. The van der Waals surface area contributed by atoms with Crippen LogP contribution in [-0.4, -0.2) is 37.2 Å². The van der Waals surface area contributed by atoms with Crippen molar-refractivity contribution in [1.29, 1.82) is 0 Å².